The molecule has 0 saturated heterocycles. The van der Waals surface area contributed by atoms with Gasteiger partial charge in [0.2, 0.25) is 5.91 Å². The van der Waals surface area contributed by atoms with E-state index < -0.39 is 23.4 Å². The minimum atomic E-state index is -4.55. The molecule has 1 aliphatic rings. The molecular weight excluding hydrogens is 485 g/mol. The number of nitrogens with zero attached hydrogens (tertiary/aromatic N) is 2. The zero-order chi connectivity index (χ0) is 27.2. The first-order valence-electron chi connectivity index (χ1n) is 12.3. The predicted octanol–water partition coefficient (Wildman–Crippen LogP) is 4.66. The molecule has 2 aromatic rings. The van der Waals surface area contributed by atoms with Crippen LogP contribution in [0.2, 0.25) is 0 Å². The molecule has 2 aromatic carbocycles. The van der Waals surface area contributed by atoms with Crippen LogP contribution in [0.4, 0.5) is 23.7 Å². The summed E-state index contributed by atoms with van der Waals surface area (Å²) < 4.78 is 46.2. The lowest BCUT2D eigenvalue weighted by Crippen LogP contribution is -2.43. The third-order valence-corrected chi connectivity index (χ3v) is 6.02. The molecule has 0 unspecified atom stereocenters. The average molecular weight is 521 g/mol. The molecule has 7 nitrogen and oxygen atoms in total. The van der Waals surface area contributed by atoms with Crippen LogP contribution in [-0.4, -0.2) is 60.6 Å². The van der Waals surface area contributed by atoms with E-state index in [0.717, 1.165) is 42.4 Å². The SMILES string of the molecule is CN(CCN(Cc1ccccc1C(F)(F)F)C(=O)CNc1cccc2c1CCNC2)C(=O)OC(C)(C)C. The highest BCUT2D eigenvalue weighted by atomic mass is 19.4. The quantitative estimate of drug-likeness (QED) is 0.530. The smallest absolute Gasteiger partial charge is 0.416 e. The Balaban J connectivity index is 1.76. The summed E-state index contributed by atoms with van der Waals surface area (Å²) in [5, 5.41) is 6.49. The summed E-state index contributed by atoms with van der Waals surface area (Å²) in [4.78, 5) is 28.3. The lowest BCUT2D eigenvalue weighted by molar-refractivity contribution is -0.139. The Bertz CT molecular complexity index is 1100. The Hall–Kier alpha value is -3.27. The summed E-state index contributed by atoms with van der Waals surface area (Å²) in [6.45, 7) is 6.61. The fourth-order valence-electron chi connectivity index (χ4n) is 4.11. The molecule has 10 heteroatoms. The van der Waals surface area contributed by atoms with E-state index in [2.05, 4.69) is 10.6 Å². The van der Waals surface area contributed by atoms with Crippen LogP contribution in [0.3, 0.4) is 0 Å². The van der Waals surface area contributed by atoms with Crippen molar-refractivity contribution >= 4 is 17.7 Å². The van der Waals surface area contributed by atoms with Crippen LogP contribution in [0, 0.1) is 0 Å². The largest absolute Gasteiger partial charge is 0.444 e. The van der Waals surface area contributed by atoms with Crippen LogP contribution in [0.25, 0.3) is 0 Å². The number of halogens is 3. The third-order valence-electron chi connectivity index (χ3n) is 6.02. The van der Waals surface area contributed by atoms with E-state index in [9.17, 15) is 22.8 Å². The number of hydrogen-bond donors (Lipinski definition) is 2. The number of hydrogen-bond acceptors (Lipinski definition) is 5. The Morgan fingerprint density at radius 2 is 1.78 bits per heavy atom. The van der Waals surface area contributed by atoms with Gasteiger partial charge in [0.1, 0.15) is 5.60 Å². The second-order valence-electron chi connectivity index (χ2n) is 10.1. The van der Waals surface area contributed by atoms with Gasteiger partial charge in [0.05, 0.1) is 12.1 Å². The van der Waals surface area contributed by atoms with Crippen LogP contribution in [0.5, 0.6) is 0 Å². The molecule has 202 valence electrons. The number of nitrogens with one attached hydrogen (secondary N) is 2. The van der Waals surface area contributed by atoms with Crippen molar-refractivity contribution in [1.82, 2.24) is 15.1 Å². The molecule has 1 heterocycles. The van der Waals surface area contributed by atoms with E-state index in [1.807, 2.05) is 18.2 Å². The van der Waals surface area contributed by atoms with Crippen molar-refractivity contribution in [2.24, 2.45) is 0 Å². The highest BCUT2D eigenvalue weighted by Gasteiger charge is 2.33. The maximum atomic E-state index is 13.6. The van der Waals surface area contributed by atoms with Crippen LogP contribution in [0.1, 0.15) is 43.0 Å². The molecule has 0 aromatic heterocycles. The monoisotopic (exact) mass is 520 g/mol. The maximum absolute atomic E-state index is 13.6. The average Bonchev–Trinajstić information content (AvgIpc) is 2.83. The summed E-state index contributed by atoms with van der Waals surface area (Å²) in [7, 11) is 1.53. The van der Waals surface area contributed by atoms with Crippen molar-refractivity contribution < 1.29 is 27.5 Å². The topological polar surface area (TPSA) is 73.9 Å². The number of carbonyl (C=O) groups excluding carboxylic acids is 2. The summed E-state index contributed by atoms with van der Waals surface area (Å²) in [6, 6.07) is 11.1. The van der Waals surface area contributed by atoms with Crippen molar-refractivity contribution in [3.63, 3.8) is 0 Å². The lowest BCUT2D eigenvalue weighted by atomic mass is 9.99. The van der Waals surface area contributed by atoms with Crippen molar-refractivity contribution in [2.75, 3.05) is 38.5 Å². The summed E-state index contributed by atoms with van der Waals surface area (Å²) >= 11 is 0. The molecule has 1 aliphatic heterocycles. The fraction of sp³-hybridized carbons (Fsp3) is 0.481. The summed E-state index contributed by atoms with van der Waals surface area (Å²) in [5.74, 6) is -0.374. The summed E-state index contributed by atoms with van der Waals surface area (Å²) in [6.07, 6.45) is -4.30. The fourth-order valence-corrected chi connectivity index (χ4v) is 4.11. The molecule has 3 rings (SSSR count). The Morgan fingerprint density at radius 3 is 2.49 bits per heavy atom. The first kappa shape index (κ1) is 28.3. The predicted molar refractivity (Wildman–Crippen MR) is 136 cm³/mol. The van der Waals surface area contributed by atoms with Crippen molar-refractivity contribution in [1.29, 1.82) is 0 Å². The number of likely N-dealkylation sites (N-methyl/N-ethyl adjacent to an activating group) is 1. The molecule has 2 N–H and O–H groups in total. The summed E-state index contributed by atoms with van der Waals surface area (Å²) in [5.41, 5.74) is 1.64. The molecule has 0 saturated carbocycles. The second-order valence-corrected chi connectivity index (χ2v) is 10.1. The molecular formula is C27H35F3N4O3. The van der Waals surface area contributed by atoms with E-state index in [-0.39, 0.29) is 37.6 Å². The van der Waals surface area contributed by atoms with Crippen LogP contribution < -0.4 is 10.6 Å². The minimum absolute atomic E-state index is 0.00793. The molecule has 0 radical (unpaired) electrons. The first-order chi connectivity index (χ1) is 17.3. The van der Waals surface area contributed by atoms with Crippen molar-refractivity contribution in [3.05, 3.63) is 64.7 Å². The molecule has 0 fully saturated rings. The van der Waals surface area contributed by atoms with Crippen LogP contribution >= 0.6 is 0 Å². The highest BCUT2D eigenvalue weighted by molar-refractivity contribution is 5.81. The van der Waals surface area contributed by atoms with E-state index >= 15 is 0 Å². The van der Waals surface area contributed by atoms with Crippen molar-refractivity contribution in [2.45, 2.75) is 52.1 Å². The number of alkyl halides is 3. The normalized spacial score (nSPS) is 13.5. The van der Waals surface area contributed by atoms with Gasteiger partial charge in [-0.15, -0.1) is 0 Å². The number of amides is 2. The number of rotatable bonds is 8. The van der Waals surface area contributed by atoms with Gasteiger partial charge in [0.25, 0.3) is 0 Å². The van der Waals surface area contributed by atoms with Crippen LogP contribution in [-0.2, 0) is 35.2 Å². The zero-order valence-corrected chi connectivity index (χ0v) is 21.7. The number of ether oxygens (including phenoxy) is 1. The molecule has 0 atom stereocenters. The Labute approximate surface area is 216 Å². The maximum Gasteiger partial charge on any atom is 0.416 e. The van der Waals surface area contributed by atoms with Gasteiger partial charge in [-0.25, -0.2) is 4.79 Å². The molecule has 0 aliphatic carbocycles. The van der Waals surface area contributed by atoms with Gasteiger partial charge >= 0.3 is 12.3 Å². The van der Waals surface area contributed by atoms with Gasteiger partial charge in [0, 0.05) is 38.9 Å². The minimum Gasteiger partial charge on any atom is -0.444 e. The number of anilines is 1. The van der Waals surface area contributed by atoms with Crippen molar-refractivity contribution in [3.8, 4) is 0 Å². The Morgan fingerprint density at radius 1 is 1.05 bits per heavy atom. The van der Waals surface area contributed by atoms with Gasteiger partial charge in [-0.2, -0.15) is 13.2 Å². The van der Waals surface area contributed by atoms with E-state index in [1.165, 1.54) is 35.0 Å². The van der Waals surface area contributed by atoms with Gasteiger partial charge in [-0.3, -0.25) is 4.79 Å². The number of fused-ring (bicyclic) bond motifs is 1. The lowest BCUT2D eigenvalue weighted by Gasteiger charge is -2.29. The standard InChI is InChI=1S/C27H35F3N4O3/c1-26(2,3)37-25(36)33(4)14-15-34(18-20-8-5-6-10-22(20)27(28,29)30)24(35)17-32-23-11-7-9-19-16-31-13-12-21(19)23/h5-11,31-32H,12-18H2,1-4H3. The van der Waals surface area contributed by atoms with Gasteiger partial charge in [0.15, 0.2) is 0 Å². The molecule has 2 amide bonds. The van der Waals surface area contributed by atoms with Gasteiger partial charge in [-0.1, -0.05) is 30.3 Å². The first-order valence-corrected chi connectivity index (χ1v) is 12.3. The molecule has 0 spiro atoms. The zero-order valence-electron chi connectivity index (χ0n) is 21.7. The number of benzene rings is 2. The van der Waals surface area contributed by atoms with Crippen LogP contribution in [0.15, 0.2) is 42.5 Å². The van der Waals surface area contributed by atoms with E-state index in [1.54, 1.807) is 20.8 Å². The highest BCUT2D eigenvalue weighted by Crippen LogP contribution is 2.32. The molecule has 37 heavy (non-hydrogen) atoms. The Kier molecular flexibility index (Phi) is 9.07. The van der Waals surface area contributed by atoms with E-state index in [4.69, 9.17) is 4.74 Å². The molecule has 0 bridgehead atoms. The van der Waals surface area contributed by atoms with Gasteiger partial charge < -0.3 is 25.2 Å². The third kappa shape index (κ3) is 8.11. The second kappa shape index (κ2) is 11.9. The van der Waals surface area contributed by atoms with Gasteiger partial charge in [-0.05, 0) is 62.6 Å². The van der Waals surface area contributed by atoms with E-state index in [0.29, 0.717) is 0 Å². The number of carbonyl (C=O) groups is 2.